The van der Waals surface area contributed by atoms with Gasteiger partial charge in [0.1, 0.15) is 11.6 Å². The van der Waals surface area contributed by atoms with E-state index in [-0.39, 0.29) is 0 Å². The summed E-state index contributed by atoms with van der Waals surface area (Å²) in [5, 5.41) is 6.55. The number of aliphatic imine (C=N–C) groups is 1. The molecule has 1 aromatic rings. The molecular weight excluding hydrogens is 322 g/mol. The molecule has 142 valence electrons. The fourth-order valence-corrected chi connectivity index (χ4v) is 2.74. The lowest BCUT2D eigenvalue weighted by atomic mass is 10.1. The lowest BCUT2D eigenvalue weighted by Crippen LogP contribution is -2.43. The molecule has 0 bridgehead atoms. The summed E-state index contributed by atoms with van der Waals surface area (Å²) in [6.07, 6.45) is 2.73. The Morgan fingerprint density at radius 1 is 1.16 bits per heavy atom. The van der Waals surface area contributed by atoms with Gasteiger partial charge < -0.3 is 15.5 Å². The Hall–Kier alpha value is -1.69. The number of benzene rings is 1. The maximum atomic E-state index is 13.2. The minimum Gasteiger partial charge on any atom is -0.356 e. The quantitative estimate of drug-likeness (QED) is 0.501. The van der Waals surface area contributed by atoms with Crippen LogP contribution in [-0.4, -0.2) is 50.1 Å². The van der Waals surface area contributed by atoms with Crippen LogP contribution in [0.1, 0.15) is 39.2 Å². The summed E-state index contributed by atoms with van der Waals surface area (Å²) in [6, 6.07) is 3.92. The van der Waals surface area contributed by atoms with Gasteiger partial charge in [0.15, 0.2) is 5.96 Å². The van der Waals surface area contributed by atoms with Gasteiger partial charge >= 0.3 is 0 Å². The van der Waals surface area contributed by atoms with Crippen LogP contribution in [0.4, 0.5) is 8.78 Å². The highest BCUT2D eigenvalue weighted by Gasteiger charge is 2.07. The molecule has 0 aliphatic rings. The Bertz CT molecular complexity index is 510. The highest BCUT2D eigenvalue weighted by atomic mass is 19.1. The van der Waals surface area contributed by atoms with Crippen molar-refractivity contribution in [1.82, 2.24) is 15.5 Å². The number of hydrogen-bond donors (Lipinski definition) is 2. The van der Waals surface area contributed by atoms with E-state index < -0.39 is 11.6 Å². The van der Waals surface area contributed by atoms with Gasteiger partial charge in [-0.1, -0.05) is 13.8 Å². The van der Waals surface area contributed by atoms with Crippen molar-refractivity contribution in [2.75, 3.05) is 33.2 Å². The number of guanidine groups is 1. The maximum Gasteiger partial charge on any atom is 0.191 e. The average Bonchev–Trinajstić information content (AvgIpc) is 2.57. The SMILES string of the molecule is CCN(CC)CCCC(C)NC(=NC)NCCc1cc(F)cc(F)c1. The highest BCUT2D eigenvalue weighted by Crippen LogP contribution is 2.08. The van der Waals surface area contributed by atoms with E-state index in [1.807, 2.05) is 0 Å². The molecule has 0 spiro atoms. The van der Waals surface area contributed by atoms with Crippen molar-refractivity contribution in [3.63, 3.8) is 0 Å². The summed E-state index contributed by atoms with van der Waals surface area (Å²) in [6.45, 7) is 10.3. The molecule has 25 heavy (non-hydrogen) atoms. The lowest BCUT2D eigenvalue weighted by molar-refractivity contribution is 0.292. The molecule has 1 aromatic carbocycles. The normalized spacial score (nSPS) is 13.2. The summed E-state index contributed by atoms with van der Waals surface area (Å²) < 4.78 is 26.4. The van der Waals surface area contributed by atoms with Crippen molar-refractivity contribution >= 4 is 5.96 Å². The fourth-order valence-electron chi connectivity index (χ4n) is 2.74. The van der Waals surface area contributed by atoms with Gasteiger partial charge in [-0.15, -0.1) is 0 Å². The van der Waals surface area contributed by atoms with E-state index in [9.17, 15) is 8.78 Å². The first-order valence-corrected chi connectivity index (χ1v) is 9.13. The maximum absolute atomic E-state index is 13.2. The number of rotatable bonds is 10. The van der Waals surface area contributed by atoms with Crippen LogP contribution in [0.25, 0.3) is 0 Å². The molecular formula is C19H32F2N4. The second-order valence-electron chi connectivity index (χ2n) is 6.24. The zero-order chi connectivity index (χ0) is 18.7. The van der Waals surface area contributed by atoms with Gasteiger partial charge in [0.25, 0.3) is 0 Å². The minimum atomic E-state index is -0.542. The predicted octanol–water partition coefficient (Wildman–Crippen LogP) is 3.18. The minimum absolute atomic E-state index is 0.313. The Morgan fingerprint density at radius 2 is 1.80 bits per heavy atom. The molecule has 0 radical (unpaired) electrons. The molecule has 2 N–H and O–H groups in total. The zero-order valence-electron chi connectivity index (χ0n) is 15.9. The van der Waals surface area contributed by atoms with Crippen LogP contribution in [0.5, 0.6) is 0 Å². The molecule has 1 unspecified atom stereocenters. The van der Waals surface area contributed by atoms with E-state index in [1.165, 1.54) is 12.1 Å². The Morgan fingerprint density at radius 3 is 2.36 bits per heavy atom. The first kappa shape index (κ1) is 21.4. The average molecular weight is 354 g/mol. The van der Waals surface area contributed by atoms with Crippen molar-refractivity contribution in [2.24, 2.45) is 4.99 Å². The van der Waals surface area contributed by atoms with E-state index in [1.54, 1.807) is 7.05 Å². The van der Waals surface area contributed by atoms with Crippen molar-refractivity contribution < 1.29 is 8.78 Å². The molecule has 0 amide bonds. The zero-order valence-corrected chi connectivity index (χ0v) is 15.9. The topological polar surface area (TPSA) is 39.7 Å². The van der Waals surface area contributed by atoms with Crippen LogP contribution < -0.4 is 10.6 Å². The smallest absolute Gasteiger partial charge is 0.191 e. The summed E-state index contributed by atoms with van der Waals surface area (Å²) in [7, 11) is 1.72. The van der Waals surface area contributed by atoms with Crippen LogP contribution in [0.3, 0.4) is 0 Å². The van der Waals surface area contributed by atoms with Gasteiger partial charge in [-0.3, -0.25) is 4.99 Å². The molecule has 1 rings (SSSR count). The van der Waals surface area contributed by atoms with Gasteiger partial charge in [-0.2, -0.15) is 0 Å². The monoisotopic (exact) mass is 354 g/mol. The Balaban J connectivity index is 2.31. The Kier molecular flexibility index (Phi) is 10.1. The van der Waals surface area contributed by atoms with Crippen molar-refractivity contribution in [3.8, 4) is 0 Å². The van der Waals surface area contributed by atoms with Crippen LogP contribution in [0.15, 0.2) is 23.2 Å². The van der Waals surface area contributed by atoms with E-state index >= 15 is 0 Å². The van der Waals surface area contributed by atoms with Gasteiger partial charge in [0, 0.05) is 25.7 Å². The van der Waals surface area contributed by atoms with Crippen LogP contribution in [0.2, 0.25) is 0 Å². The molecule has 1 atom stereocenters. The third-order valence-corrected chi connectivity index (χ3v) is 4.24. The number of hydrogen-bond acceptors (Lipinski definition) is 2. The molecule has 0 aromatic heterocycles. The molecule has 0 heterocycles. The first-order valence-electron chi connectivity index (χ1n) is 9.13. The molecule has 0 fully saturated rings. The van der Waals surface area contributed by atoms with E-state index in [0.29, 0.717) is 30.5 Å². The highest BCUT2D eigenvalue weighted by molar-refractivity contribution is 5.79. The van der Waals surface area contributed by atoms with E-state index in [4.69, 9.17) is 0 Å². The number of nitrogens with one attached hydrogen (secondary N) is 2. The van der Waals surface area contributed by atoms with E-state index in [2.05, 4.69) is 41.3 Å². The summed E-state index contributed by atoms with van der Waals surface area (Å²) in [5.74, 6) is -0.370. The standard InChI is InChI=1S/C19H32F2N4/c1-5-25(6-2)11-7-8-15(3)24-19(22-4)23-10-9-16-12-17(20)14-18(21)13-16/h12-15H,5-11H2,1-4H3,(H2,22,23,24). The van der Waals surface area contributed by atoms with Gasteiger partial charge in [-0.25, -0.2) is 8.78 Å². The van der Waals surface area contributed by atoms with Gasteiger partial charge in [0.05, 0.1) is 0 Å². The number of halogens is 2. The summed E-state index contributed by atoms with van der Waals surface area (Å²) >= 11 is 0. The predicted molar refractivity (Wildman–Crippen MR) is 101 cm³/mol. The van der Waals surface area contributed by atoms with Crippen LogP contribution in [0, 0.1) is 11.6 Å². The van der Waals surface area contributed by atoms with Crippen LogP contribution >= 0.6 is 0 Å². The third-order valence-electron chi connectivity index (χ3n) is 4.24. The number of nitrogens with zero attached hydrogens (tertiary/aromatic N) is 2. The molecule has 0 saturated heterocycles. The molecule has 0 aliphatic carbocycles. The molecule has 0 saturated carbocycles. The molecule has 6 heteroatoms. The van der Waals surface area contributed by atoms with Crippen molar-refractivity contribution in [2.45, 2.75) is 46.1 Å². The summed E-state index contributed by atoms with van der Waals surface area (Å²) in [5.41, 5.74) is 0.632. The first-order chi connectivity index (χ1) is 12.0. The van der Waals surface area contributed by atoms with Gasteiger partial charge in [0.2, 0.25) is 0 Å². The largest absolute Gasteiger partial charge is 0.356 e. The Labute approximate surface area is 150 Å². The van der Waals surface area contributed by atoms with Crippen LogP contribution in [-0.2, 0) is 6.42 Å². The molecule has 4 nitrogen and oxygen atoms in total. The fraction of sp³-hybridized carbons (Fsp3) is 0.632. The molecule has 0 aliphatic heterocycles. The van der Waals surface area contributed by atoms with Crippen molar-refractivity contribution in [1.29, 1.82) is 0 Å². The van der Waals surface area contributed by atoms with Gasteiger partial charge in [-0.05, 0) is 63.5 Å². The van der Waals surface area contributed by atoms with E-state index in [0.717, 1.165) is 38.5 Å². The van der Waals surface area contributed by atoms with Crippen molar-refractivity contribution in [3.05, 3.63) is 35.4 Å². The third kappa shape index (κ3) is 8.82. The summed E-state index contributed by atoms with van der Waals surface area (Å²) in [4.78, 5) is 6.62. The second kappa shape index (κ2) is 11.8. The lowest BCUT2D eigenvalue weighted by Gasteiger charge is -2.21. The second-order valence-corrected chi connectivity index (χ2v) is 6.24.